The van der Waals surface area contributed by atoms with Crippen molar-refractivity contribution in [2.24, 2.45) is 0 Å². The number of nitrogens with one attached hydrogen (secondary N) is 1. The van der Waals surface area contributed by atoms with E-state index in [0.29, 0.717) is 5.56 Å². The van der Waals surface area contributed by atoms with Crippen molar-refractivity contribution in [3.8, 4) is 11.1 Å². The van der Waals surface area contributed by atoms with E-state index in [1.165, 1.54) is 24.3 Å². The zero-order chi connectivity index (χ0) is 21.1. The molecule has 152 valence electrons. The van der Waals surface area contributed by atoms with Crippen LogP contribution in [0.1, 0.15) is 22.6 Å². The lowest BCUT2D eigenvalue weighted by Crippen LogP contribution is -2.42. The topological polar surface area (TPSA) is 75.6 Å². The van der Waals surface area contributed by atoms with Crippen molar-refractivity contribution in [2.75, 3.05) is 6.61 Å². The molecule has 4 rings (SSSR count). The van der Waals surface area contributed by atoms with Gasteiger partial charge in [-0.15, -0.1) is 0 Å². The molecule has 5 nitrogen and oxygen atoms in total. The molecule has 0 bridgehead atoms. The molecular weight excluding hydrogens is 385 g/mol. The molecule has 2 N–H and O–H groups in total. The van der Waals surface area contributed by atoms with E-state index < -0.39 is 23.9 Å². The fourth-order valence-electron chi connectivity index (χ4n) is 3.84. The molecule has 1 aliphatic carbocycles. The van der Waals surface area contributed by atoms with E-state index in [0.717, 1.165) is 22.3 Å². The van der Waals surface area contributed by atoms with Crippen molar-refractivity contribution < 1.29 is 23.8 Å². The molecule has 0 aromatic heterocycles. The van der Waals surface area contributed by atoms with Gasteiger partial charge >= 0.3 is 12.1 Å². The molecule has 0 saturated heterocycles. The number of ether oxygens (including phenoxy) is 1. The number of amides is 1. The number of alkyl carbamates (subject to hydrolysis) is 1. The molecule has 6 heteroatoms. The predicted octanol–water partition coefficient (Wildman–Crippen LogP) is 4.36. The first-order valence-electron chi connectivity index (χ1n) is 9.61. The van der Waals surface area contributed by atoms with Gasteiger partial charge in [0.2, 0.25) is 0 Å². The number of aliphatic carboxylic acids is 1. The third-order valence-electron chi connectivity index (χ3n) is 5.29. The van der Waals surface area contributed by atoms with Crippen LogP contribution in [0.25, 0.3) is 11.1 Å². The molecule has 0 spiro atoms. The Hall–Kier alpha value is -3.67. The first-order valence-corrected chi connectivity index (χ1v) is 9.61. The van der Waals surface area contributed by atoms with Crippen LogP contribution in [0.15, 0.2) is 72.8 Å². The van der Waals surface area contributed by atoms with E-state index in [1.54, 1.807) is 0 Å². The lowest BCUT2D eigenvalue weighted by Gasteiger charge is -2.17. The van der Waals surface area contributed by atoms with Gasteiger partial charge in [0.25, 0.3) is 0 Å². The van der Waals surface area contributed by atoms with Crippen molar-refractivity contribution in [1.82, 2.24) is 5.32 Å². The highest BCUT2D eigenvalue weighted by atomic mass is 19.1. The summed E-state index contributed by atoms with van der Waals surface area (Å²) in [6, 6.07) is 20.2. The molecule has 3 aromatic rings. The summed E-state index contributed by atoms with van der Waals surface area (Å²) in [6.45, 7) is 0.0999. The van der Waals surface area contributed by atoms with Crippen molar-refractivity contribution in [2.45, 2.75) is 18.4 Å². The molecule has 3 aromatic carbocycles. The average molecular weight is 405 g/mol. The van der Waals surface area contributed by atoms with Crippen LogP contribution in [0.5, 0.6) is 0 Å². The van der Waals surface area contributed by atoms with Gasteiger partial charge in [-0.05, 0) is 39.9 Å². The molecule has 30 heavy (non-hydrogen) atoms. The molecule has 0 radical (unpaired) electrons. The Morgan fingerprint density at radius 3 is 2.07 bits per heavy atom. The Morgan fingerprint density at radius 2 is 1.50 bits per heavy atom. The van der Waals surface area contributed by atoms with Gasteiger partial charge in [-0.2, -0.15) is 0 Å². The number of carbonyl (C=O) groups excluding carboxylic acids is 1. The zero-order valence-electron chi connectivity index (χ0n) is 16.0. The molecule has 1 atom stereocenters. The van der Waals surface area contributed by atoms with Crippen molar-refractivity contribution >= 4 is 12.1 Å². The Labute approximate surface area is 173 Å². The van der Waals surface area contributed by atoms with E-state index in [9.17, 15) is 19.1 Å². The molecule has 1 aliphatic rings. The molecule has 0 fully saturated rings. The average Bonchev–Trinajstić information content (AvgIpc) is 3.07. The van der Waals surface area contributed by atoms with Crippen LogP contribution in [0.3, 0.4) is 0 Å². The quantitative estimate of drug-likeness (QED) is 0.639. The lowest BCUT2D eigenvalue weighted by molar-refractivity contribution is -0.139. The van der Waals surface area contributed by atoms with Crippen molar-refractivity contribution in [3.63, 3.8) is 0 Å². The Morgan fingerprint density at radius 1 is 0.933 bits per heavy atom. The number of halogens is 1. The van der Waals surface area contributed by atoms with E-state index in [4.69, 9.17) is 4.74 Å². The van der Waals surface area contributed by atoms with Crippen molar-refractivity contribution in [3.05, 3.63) is 95.3 Å². The molecule has 1 unspecified atom stereocenters. The third kappa shape index (κ3) is 4.03. The van der Waals surface area contributed by atoms with Gasteiger partial charge in [-0.25, -0.2) is 14.0 Å². The SMILES string of the molecule is O=C(NC(Cc1ccc(F)cc1)C(=O)O)OCC1c2ccccc2-c2ccccc21. The molecule has 0 heterocycles. The second-order valence-corrected chi connectivity index (χ2v) is 7.19. The minimum atomic E-state index is -1.19. The normalized spacial score (nSPS) is 13.2. The monoisotopic (exact) mass is 405 g/mol. The number of hydrogen-bond donors (Lipinski definition) is 2. The van der Waals surface area contributed by atoms with Gasteiger partial charge in [-0.1, -0.05) is 60.7 Å². The molecule has 1 amide bonds. The summed E-state index contributed by atoms with van der Waals surface area (Å²) in [5.74, 6) is -1.70. The number of carbonyl (C=O) groups is 2. The fourth-order valence-corrected chi connectivity index (χ4v) is 3.84. The maximum Gasteiger partial charge on any atom is 0.407 e. The van der Waals surface area contributed by atoms with Gasteiger partial charge in [0.1, 0.15) is 18.5 Å². The van der Waals surface area contributed by atoms with Crippen LogP contribution in [0.2, 0.25) is 0 Å². The van der Waals surface area contributed by atoms with Gasteiger partial charge in [0.15, 0.2) is 0 Å². The van der Waals surface area contributed by atoms with Crippen LogP contribution < -0.4 is 5.32 Å². The highest BCUT2D eigenvalue weighted by molar-refractivity contribution is 5.81. The summed E-state index contributed by atoms with van der Waals surface area (Å²) >= 11 is 0. The Kier molecular flexibility index (Phi) is 5.48. The number of hydrogen-bond acceptors (Lipinski definition) is 3. The Bertz CT molecular complexity index is 1040. The van der Waals surface area contributed by atoms with Crippen LogP contribution in [0, 0.1) is 5.82 Å². The van der Waals surface area contributed by atoms with E-state index in [1.807, 2.05) is 48.5 Å². The minimum Gasteiger partial charge on any atom is -0.480 e. The Balaban J connectivity index is 1.43. The summed E-state index contributed by atoms with van der Waals surface area (Å²) < 4.78 is 18.4. The van der Waals surface area contributed by atoms with Crippen LogP contribution in [-0.2, 0) is 16.0 Å². The van der Waals surface area contributed by atoms with Crippen LogP contribution >= 0.6 is 0 Å². The highest BCUT2D eigenvalue weighted by Crippen LogP contribution is 2.44. The summed E-state index contributed by atoms with van der Waals surface area (Å²) in [5, 5.41) is 11.8. The predicted molar refractivity (Wildman–Crippen MR) is 110 cm³/mol. The van der Waals surface area contributed by atoms with E-state index in [-0.39, 0.29) is 18.9 Å². The smallest absolute Gasteiger partial charge is 0.407 e. The van der Waals surface area contributed by atoms with Gasteiger partial charge in [0.05, 0.1) is 0 Å². The summed E-state index contributed by atoms with van der Waals surface area (Å²) in [4.78, 5) is 23.9. The number of carboxylic acids is 1. The first-order chi connectivity index (χ1) is 14.5. The zero-order valence-corrected chi connectivity index (χ0v) is 16.0. The molecular formula is C24H20FNO4. The van der Waals surface area contributed by atoms with E-state index in [2.05, 4.69) is 5.32 Å². The lowest BCUT2D eigenvalue weighted by atomic mass is 9.98. The van der Waals surface area contributed by atoms with Crippen LogP contribution in [-0.4, -0.2) is 29.8 Å². The second kappa shape index (κ2) is 8.37. The molecule has 0 aliphatic heterocycles. The van der Waals surface area contributed by atoms with Gasteiger partial charge < -0.3 is 15.2 Å². The maximum absolute atomic E-state index is 13.0. The molecule has 0 saturated carbocycles. The summed E-state index contributed by atoms with van der Waals surface area (Å²) in [5.41, 5.74) is 4.98. The van der Waals surface area contributed by atoms with Gasteiger partial charge in [-0.3, -0.25) is 0 Å². The van der Waals surface area contributed by atoms with Crippen LogP contribution in [0.4, 0.5) is 9.18 Å². The minimum absolute atomic E-state index is 0.0276. The maximum atomic E-state index is 13.0. The number of carboxylic acid groups (broad SMARTS) is 1. The first kappa shape index (κ1) is 19.6. The van der Waals surface area contributed by atoms with Gasteiger partial charge in [0, 0.05) is 12.3 Å². The number of fused-ring (bicyclic) bond motifs is 3. The highest BCUT2D eigenvalue weighted by Gasteiger charge is 2.29. The number of benzene rings is 3. The standard InChI is InChI=1S/C24H20FNO4/c25-16-11-9-15(10-12-16)13-22(23(27)28)26-24(29)30-14-21-19-7-3-1-5-17(19)18-6-2-4-8-20(18)21/h1-12,21-22H,13-14H2,(H,26,29)(H,27,28). The fraction of sp³-hybridized carbons (Fsp3) is 0.167. The summed E-state index contributed by atoms with van der Waals surface area (Å²) in [7, 11) is 0. The third-order valence-corrected chi connectivity index (χ3v) is 5.29. The number of rotatable bonds is 6. The largest absolute Gasteiger partial charge is 0.480 e. The van der Waals surface area contributed by atoms with E-state index >= 15 is 0 Å². The summed E-state index contributed by atoms with van der Waals surface area (Å²) in [6.07, 6.45) is -0.772. The second-order valence-electron chi connectivity index (χ2n) is 7.19. The van der Waals surface area contributed by atoms with Crippen molar-refractivity contribution in [1.29, 1.82) is 0 Å².